The van der Waals surface area contributed by atoms with Crippen molar-refractivity contribution >= 4 is 25.9 Å². The van der Waals surface area contributed by atoms with Gasteiger partial charge in [0.15, 0.2) is 0 Å². The van der Waals surface area contributed by atoms with Crippen LogP contribution >= 0.6 is 8.09 Å². The van der Waals surface area contributed by atoms with Gasteiger partial charge in [-0.3, -0.25) is 0 Å². The van der Waals surface area contributed by atoms with E-state index in [0.717, 1.165) is 13.1 Å². The number of carbonyl (C=O) groups is 3. The Hall–Kier alpha value is -1.40. The van der Waals surface area contributed by atoms with Crippen LogP contribution in [-0.2, 0) is 37.6 Å². The van der Waals surface area contributed by atoms with Crippen LogP contribution in [0.2, 0.25) is 0 Å². The molecule has 2 fully saturated rings. The number of esters is 2. The number of nitrogens with one attached hydrogen (secondary N) is 2. The number of ether oxygens (including phenoxy) is 3. The zero-order chi connectivity index (χ0) is 23.8. The van der Waals surface area contributed by atoms with Gasteiger partial charge in [-0.2, -0.15) is 0 Å². The summed E-state index contributed by atoms with van der Waals surface area (Å²) >= 11 is 0. The Bertz CT molecular complexity index is 660. The molecule has 2 aliphatic rings. The summed E-state index contributed by atoms with van der Waals surface area (Å²) in [6.45, 7) is 8.86. The molecule has 2 atom stereocenters. The second-order valence-corrected chi connectivity index (χ2v) is 10.4. The van der Waals surface area contributed by atoms with E-state index in [4.69, 9.17) is 18.5 Å². The van der Waals surface area contributed by atoms with Gasteiger partial charge in [0, 0.05) is 0 Å². The van der Waals surface area contributed by atoms with Crippen LogP contribution in [0.5, 0.6) is 0 Å². The van der Waals surface area contributed by atoms with Crippen molar-refractivity contribution in [1.29, 1.82) is 0 Å². The number of nitrogens with zero attached hydrogens (tertiary/aromatic N) is 1. The number of hydrogen-bond donors (Lipinski definition) is 3. The normalized spacial score (nSPS) is 24.7. The Morgan fingerprint density at radius 1 is 1.28 bits per heavy atom. The van der Waals surface area contributed by atoms with Gasteiger partial charge in [-0.1, -0.05) is 0 Å². The number of amides is 1. The fourth-order valence-electron chi connectivity index (χ4n) is 3.24. The number of methoxy groups -OCH3 is 1. The maximum absolute atomic E-state index is 12.6. The Morgan fingerprint density at radius 2 is 1.97 bits per heavy atom. The first-order valence-electron chi connectivity index (χ1n) is 10.7. The minimum atomic E-state index is -4.05. The van der Waals surface area contributed by atoms with Crippen molar-refractivity contribution in [3.05, 3.63) is 0 Å². The van der Waals surface area contributed by atoms with E-state index in [2.05, 4.69) is 20.0 Å². The first-order valence-corrected chi connectivity index (χ1v) is 12.5. The summed E-state index contributed by atoms with van der Waals surface area (Å²) in [5, 5.41) is 5.28. The molecule has 12 nitrogen and oxygen atoms in total. The molecular weight excluding hydrogens is 445 g/mol. The number of rotatable bonds is 10. The third-order valence-electron chi connectivity index (χ3n) is 5.23. The van der Waals surface area contributed by atoms with E-state index >= 15 is 0 Å². The van der Waals surface area contributed by atoms with Crippen LogP contribution in [0.4, 0.5) is 0 Å². The van der Waals surface area contributed by atoms with Gasteiger partial charge in [0.2, 0.25) is 0 Å². The Balaban J connectivity index is 1.84. The third-order valence-corrected chi connectivity index (χ3v) is 7.12. The van der Waals surface area contributed by atoms with E-state index in [1.165, 1.54) is 14.0 Å². The molecule has 0 saturated carbocycles. The molecule has 1 amide bonds. The van der Waals surface area contributed by atoms with Crippen LogP contribution in [0.1, 0.15) is 27.2 Å². The molecule has 0 aromatic rings. The van der Waals surface area contributed by atoms with Crippen LogP contribution in [0.15, 0.2) is 0 Å². The van der Waals surface area contributed by atoms with E-state index < -0.39 is 43.5 Å². The van der Waals surface area contributed by atoms with Gasteiger partial charge in [-0.05, 0) is 0 Å². The Labute approximate surface area is 188 Å². The molecule has 2 rings (SSSR count). The summed E-state index contributed by atoms with van der Waals surface area (Å²) in [6, 6.07) is -0.902. The summed E-state index contributed by atoms with van der Waals surface area (Å²) in [5.74, 6) is -1.50. The molecule has 0 aliphatic carbocycles. The SMILES string of the molecule is COC(=O)CCNC(=O)[C@@H]1O[PH](O)(N[C@@H](C)C(=O)OCCN2CCOCC2)OCC1(C)C. The molecule has 32 heavy (non-hydrogen) atoms. The molecule has 2 saturated heterocycles. The number of hydrogen-bond acceptors (Lipinski definition) is 11. The van der Waals surface area contributed by atoms with Crippen molar-refractivity contribution in [2.45, 2.75) is 39.3 Å². The van der Waals surface area contributed by atoms with Crippen LogP contribution in [0.25, 0.3) is 0 Å². The van der Waals surface area contributed by atoms with Gasteiger partial charge in [0.1, 0.15) is 0 Å². The van der Waals surface area contributed by atoms with Gasteiger partial charge in [-0.15, -0.1) is 0 Å². The molecule has 0 spiro atoms. The molecule has 2 heterocycles. The molecule has 13 heteroatoms. The van der Waals surface area contributed by atoms with Crippen LogP contribution < -0.4 is 10.4 Å². The zero-order valence-electron chi connectivity index (χ0n) is 19.2. The predicted molar refractivity (Wildman–Crippen MR) is 116 cm³/mol. The third kappa shape index (κ3) is 8.18. The van der Waals surface area contributed by atoms with Crippen molar-refractivity contribution in [3.8, 4) is 0 Å². The van der Waals surface area contributed by atoms with E-state index in [9.17, 15) is 19.3 Å². The van der Waals surface area contributed by atoms with Gasteiger partial charge in [0.05, 0.1) is 0 Å². The summed E-state index contributed by atoms with van der Waals surface area (Å²) in [5.41, 5.74) is -0.738. The first-order chi connectivity index (χ1) is 15.1. The van der Waals surface area contributed by atoms with Gasteiger partial charge in [-0.25, -0.2) is 0 Å². The van der Waals surface area contributed by atoms with Crippen molar-refractivity contribution < 1.29 is 42.5 Å². The fraction of sp³-hybridized carbons (Fsp3) is 0.842. The van der Waals surface area contributed by atoms with Gasteiger partial charge in [0.25, 0.3) is 0 Å². The summed E-state index contributed by atoms with van der Waals surface area (Å²) in [7, 11) is -2.78. The van der Waals surface area contributed by atoms with Crippen molar-refractivity contribution in [2.24, 2.45) is 5.41 Å². The predicted octanol–water partition coefficient (Wildman–Crippen LogP) is -0.637. The van der Waals surface area contributed by atoms with E-state index in [0.29, 0.717) is 19.8 Å². The molecule has 0 aromatic carbocycles. The topological polar surface area (TPSA) is 145 Å². The molecule has 3 N–H and O–H groups in total. The van der Waals surface area contributed by atoms with E-state index in [-0.39, 0.29) is 26.2 Å². The molecule has 0 bridgehead atoms. The van der Waals surface area contributed by atoms with Crippen LogP contribution in [0.3, 0.4) is 0 Å². The molecule has 0 unspecified atom stereocenters. The average molecular weight is 481 g/mol. The quantitative estimate of drug-likeness (QED) is 0.271. The first kappa shape index (κ1) is 26.8. The van der Waals surface area contributed by atoms with Crippen LogP contribution in [0, 0.1) is 5.41 Å². The Kier molecular flexibility index (Phi) is 10.2. The number of morpholine rings is 1. The molecule has 0 aromatic heterocycles. The second-order valence-electron chi connectivity index (χ2n) is 8.46. The number of carbonyl (C=O) groups excluding carboxylic acids is 3. The van der Waals surface area contributed by atoms with Gasteiger partial charge < -0.3 is 0 Å². The summed E-state index contributed by atoms with van der Waals surface area (Å²) < 4.78 is 26.3. The van der Waals surface area contributed by atoms with Crippen molar-refractivity contribution in [1.82, 2.24) is 15.3 Å². The molecule has 0 radical (unpaired) electrons. The Morgan fingerprint density at radius 3 is 2.62 bits per heavy atom. The van der Waals surface area contributed by atoms with E-state index in [1.54, 1.807) is 13.8 Å². The minimum absolute atomic E-state index is 0.0131. The molecular formula is C19H36N3O9P. The summed E-state index contributed by atoms with van der Waals surface area (Å²) in [4.78, 5) is 49.1. The standard InChI is InChI=1S/C19H36N3O9P/c1-14(18(25)29-12-9-22-7-10-28-11-8-22)21-32(26)30-13-19(2,3)16(31-32)17(24)20-6-5-15(23)27-4/h14,16,21,26,32H,5-13H2,1-4H3,(H,20,24)/t14-,16-/m0/s1. The molecule has 2 aliphatic heterocycles. The van der Waals surface area contributed by atoms with E-state index in [1.807, 2.05) is 0 Å². The average Bonchev–Trinajstić information content (AvgIpc) is 2.76. The van der Waals surface area contributed by atoms with Crippen molar-refractivity contribution in [2.75, 3.05) is 59.7 Å². The monoisotopic (exact) mass is 481 g/mol. The summed E-state index contributed by atoms with van der Waals surface area (Å²) in [6.07, 6.45) is -1.03. The fourth-order valence-corrected chi connectivity index (χ4v) is 5.43. The molecule has 186 valence electrons. The van der Waals surface area contributed by atoms with Gasteiger partial charge >= 0.3 is 188 Å². The maximum atomic E-state index is 12.6. The van der Waals surface area contributed by atoms with Crippen molar-refractivity contribution in [3.63, 3.8) is 0 Å². The second kappa shape index (κ2) is 12.2. The van der Waals surface area contributed by atoms with Crippen LogP contribution in [-0.4, -0.2) is 99.5 Å². The zero-order valence-corrected chi connectivity index (χ0v) is 20.2.